The quantitative estimate of drug-likeness (QED) is 0.542. The fraction of sp³-hybridized carbons (Fsp3) is 0.269. The molecular formula is C26H28O4. The van der Waals surface area contributed by atoms with Crippen molar-refractivity contribution >= 4 is 5.97 Å². The molecule has 0 bridgehead atoms. The number of para-hydroxylation sites is 2. The van der Waals surface area contributed by atoms with Crippen LogP contribution in [0.2, 0.25) is 0 Å². The van der Waals surface area contributed by atoms with E-state index < -0.39 is 22.4 Å². The fourth-order valence-corrected chi connectivity index (χ4v) is 4.44. The molecule has 4 nitrogen and oxygen atoms in total. The molecule has 0 fully saturated rings. The molecule has 30 heavy (non-hydrogen) atoms. The Morgan fingerprint density at radius 1 is 0.700 bits per heavy atom. The lowest BCUT2D eigenvalue weighted by Gasteiger charge is -2.52. The van der Waals surface area contributed by atoms with E-state index >= 15 is 0 Å². The molecule has 0 unspecified atom stereocenters. The second-order valence-electron chi connectivity index (χ2n) is 8.54. The standard InChI is InChI=1S/C26H28O4/c1-24(2,19-13-7-5-8-14-19)26(23(28)29,30-22-18-12-11-17-21(22)27)25(3,4)20-15-9-6-10-16-20/h5-18,27H,1-4H3,(H,28,29). The molecule has 0 heterocycles. The van der Waals surface area contributed by atoms with Crippen LogP contribution in [0.3, 0.4) is 0 Å². The molecule has 3 aromatic rings. The molecule has 2 N–H and O–H groups in total. The number of ether oxygens (including phenoxy) is 1. The van der Waals surface area contributed by atoms with E-state index in [4.69, 9.17) is 4.74 Å². The fourth-order valence-electron chi connectivity index (χ4n) is 4.44. The first-order valence-electron chi connectivity index (χ1n) is 9.96. The number of carbonyl (C=O) groups is 1. The van der Waals surface area contributed by atoms with Crippen LogP contribution in [0.25, 0.3) is 0 Å². The Balaban J connectivity index is 2.34. The van der Waals surface area contributed by atoms with E-state index in [1.807, 2.05) is 88.4 Å². The molecule has 0 saturated carbocycles. The molecule has 0 saturated heterocycles. The zero-order valence-corrected chi connectivity index (χ0v) is 17.8. The topological polar surface area (TPSA) is 66.8 Å². The average molecular weight is 405 g/mol. The van der Waals surface area contributed by atoms with Crippen LogP contribution in [0.4, 0.5) is 0 Å². The van der Waals surface area contributed by atoms with Gasteiger partial charge in [-0.05, 0) is 23.3 Å². The Bertz CT molecular complexity index is 956. The molecule has 0 spiro atoms. The van der Waals surface area contributed by atoms with Gasteiger partial charge in [0.05, 0.1) is 0 Å². The van der Waals surface area contributed by atoms with Crippen molar-refractivity contribution in [3.63, 3.8) is 0 Å². The van der Waals surface area contributed by atoms with Crippen molar-refractivity contribution in [3.05, 3.63) is 96.1 Å². The predicted octanol–water partition coefficient (Wildman–Crippen LogP) is 5.55. The summed E-state index contributed by atoms with van der Waals surface area (Å²) >= 11 is 0. The van der Waals surface area contributed by atoms with Crippen LogP contribution < -0.4 is 4.74 Å². The lowest BCUT2D eigenvalue weighted by atomic mass is 9.56. The van der Waals surface area contributed by atoms with Gasteiger partial charge in [-0.3, -0.25) is 0 Å². The van der Waals surface area contributed by atoms with E-state index in [1.165, 1.54) is 6.07 Å². The molecule has 0 aliphatic rings. The smallest absolute Gasteiger partial charge is 0.349 e. The monoisotopic (exact) mass is 404 g/mol. The summed E-state index contributed by atoms with van der Waals surface area (Å²) in [5, 5.41) is 21.2. The van der Waals surface area contributed by atoms with Crippen LogP contribution in [0.1, 0.15) is 38.8 Å². The summed E-state index contributed by atoms with van der Waals surface area (Å²) in [5.41, 5.74) is -2.04. The van der Waals surface area contributed by atoms with Gasteiger partial charge in [0.1, 0.15) is 0 Å². The number of rotatable bonds is 7. The molecule has 156 valence electrons. The molecule has 0 aromatic heterocycles. The molecule has 0 atom stereocenters. The Morgan fingerprint density at radius 2 is 1.10 bits per heavy atom. The predicted molar refractivity (Wildman–Crippen MR) is 118 cm³/mol. The molecular weight excluding hydrogens is 376 g/mol. The van der Waals surface area contributed by atoms with Gasteiger partial charge in [-0.2, -0.15) is 0 Å². The third kappa shape index (κ3) is 3.32. The van der Waals surface area contributed by atoms with Gasteiger partial charge in [0.15, 0.2) is 11.5 Å². The van der Waals surface area contributed by atoms with Gasteiger partial charge in [-0.15, -0.1) is 0 Å². The highest BCUT2D eigenvalue weighted by molar-refractivity contribution is 5.84. The summed E-state index contributed by atoms with van der Waals surface area (Å²) in [6, 6.07) is 25.5. The number of carboxylic acid groups (broad SMARTS) is 1. The maximum Gasteiger partial charge on any atom is 0.349 e. The summed E-state index contributed by atoms with van der Waals surface area (Å²) in [4.78, 5) is 13.2. The first kappa shape index (κ1) is 21.4. The van der Waals surface area contributed by atoms with E-state index in [0.717, 1.165) is 11.1 Å². The van der Waals surface area contributed by atoms with Crippen LogP contribution in [-0.4, -0.2) is 21.8 Å². The lowest BCUT2D eigenvalue weighted by Crippen LogP contribution is -2.68. The average Bonchev–Trinajstić information content (AvgIpc) is 2.74. The number of phenolic OH excluding ortho intramolecular Hbond substituents is 1. The van der Waals surface area contributed by atoms with Gasteiger partial charge >= 0.3 is 5.97 Å². The molecule has 3 aromatic carbocycles. The van der Waals surface area contributed by atoms with Gasteiger partial charge in [-0.25, -0.2) is 4.79 Å². The highest BCUT2D eigenvalue weighted by Crippen LogP contribution is 2.51. The molecule has 3 rings (SSSR count). The van der Waals surface area contributed by atoms with Crippen LogP contribution in [0.15, 0.2) is 84.9 Å². The van der Waals surface area contributed by atoms with Gasteiger partial charge in [0.25, 0.3) is 0 Å². The Hall–Kier alpha value is -3.27. The van der Waals surface area contributed by atoms with Crippen molar-refractivity contribution < 1.29 is 19.7 Å². The summed E-state index contributed by atoms with van der Waals surface area (Å²) in [6.07, 6.45) is 0. The van der Waals surface area contributed by atoms with Crippen molar-refractivity contribution in [2.75, 3.05) is 0 Å². The minimum Gasteiger partial charge on any atom is -0.504 e. The molecule has 0 amide bonds. The minimum atomic E-state index is -1.75. The normalized spacial score (nSPS) is 12.4. The maximum atomic E-state index is 13.2. The third-order valence-corrected chi connectivity index (χ3v) is 6.18. The van der Waals surface area contributed by atoms with E-state index in [-0.39, 0.29) is 11.5 Å². The second kappa shape index (κ2) is 7.86. The van der Waals surface area contributed by atoms with Gasteiger partial charge in [0.2, 0.25) is 5.60 Å². The summed E-state index contributed by atoms with van der Waals surface area (Å²) in [7, 11) is 0. The number of aliphatic carboxylic acids is 1. The van der Waals surface area contributed by atoms with E-state index in [1.54, 1.807) is 18.2 Å². The van der Waals surface area contributed by atoms with Gasteiger partial charge < -0.3 is 14.9 Å². The van der Waals surface area contributed by atoms with Crippen molar-refractivity contribution in [2.24, 2.45) is 0 Å². The largest absolute Gasteiger partial charge is 0.504 e. The third-order valence-electron chi connectivity index (χ3n) is 6.18. The summed E-state index contributed by atoms with van der Waals surface area (Å²) < 4.78 is 6.38. The molecule has 4 heteroatoms. The highest BCUT2D eigenvalue weighted by Gasteiger charge is 2.64. The Labute approximate surface area is 177 Å². The van der Waals surface area contributed by atoms with Gasteiger partial charge in [0, 0.05) is 10.8 Å². The van der Waals surface area contributed by atoms with Crippen LogP contribution in [-0.2, 0) is 15.6 Å². The van der Waals surface area contributed by atoms with Gasteiger partial charge in [-0.1, -0.05) is 100 Å². The first-order valence-corrected chi connectivity index (χ1v) is 9.96. The number of phenols is 1. The number of aromatic hydroxyl groups is 1. The first-order chi connectivity index (χ1) is 14.1. The minimum absolute atomic E-state index is 0.101. The maximum absolute atomic E-state index is 13.2. The molecule has 0 aliphatic carbocycles. The van der Waals surface area contributed by atoms with Crippen molar-refractivity contribution in [1.29, 1.82) is 0 Å². The number of hydrogen-bond donors (Lipinski definition) is 2. The number of benzene rings is 3. The Morgan fingerprint density at radius 3 is 1.50 bits per heavy atom. The van der Waals surface area contributed by atoms with Crippen molar-refractivity contribution in [1.82, 2.24) is 0 Å². The zero-order chi connectivity index (χ0) is 22.0. The second-order valence-corrected chi connectivity index (χ2v) is 8.54. The van der Waals surface area contributed by atoms with Crippen LogP contribution in [0, 0.1) is 0 Å². The van der Waals surface area contributed by atoms with E-state index in [0.29, 0.717) is 0 Å². The molecule has 0 aliphatic heterocycles. The summed E-state index contributed by atoms with van der Waals surface area (Å²) in [6.45, 7) is 7.50. The van der Waals surface area contributed by atoms with Crippen molar-refractivity contribution in [3.8, 4) is 11.5 Å². The molecule has 0 radical (unpaired) electrons. The van der Waals surface area contributed by atoms with Crippen molar-refractivity contribution in [2.45, 2.75) is 44.1 Å². The van der Waals surface area contributed by atoms with E-state index in [2.05, 4.69) is 0 Å². The Kier molecular flexibility index (Phi) is 5.62. The zero-order valence-electron chi connectivity index (χ0n) is 17.8. The van der Waals surface area contributed by atoms with Crippen LogP contribution in [0.5, 0.6) is 11.5 Å². The lowest BCUT2D eigenvalue weighted by molar-refractivity contribution is -0.171. The SMILES string of the molecule is CC(C)(c1ccccc1)C(Oc1ccccc1O)(C(=O)O)C(C)(C)c1ccccc1. The summed E-state index contributed by atoms with van der Waals surface area (Å²) in [5.74, 6) is -1.07. The number of carboxylic acids is 1. The highest BCUT2D eigenvalue weighted by atomic mass is 16.5. The van der Waals surface area contributed by atoms with E-state index in [9.17, 15) is 15.0 Å². The number of hydrogen-bond acceptors (Lipinski definition) is 3. The van der Waals surface area contributed by atoms with Crippen LogP contribution >= 0.6 is 0 Å².